The first kappa shape index (κ1) is 28.8. The van der Waals surface area contributed by atoms with Crippen LogP contribution in [0.25, 0.3) is 0 Å². The summed E-state index contributed by atoms with van der Waals surface area (Å²) in [5, 5.41) is 0. The van der Waals surface area contributed by atoms with Crippen molar-refractivity contribution < 1.29 is 23.8 Å². The molecular weight excluding hydrogens is 492 g/mol. The van der Waals surface area contributed by atoms with Crippen molar-refractivity contribution >= 4 is 24.5 Å². The van der Waals surface area contributed by atoms with Crippen molar-refractivity contribution in [1.82, 2.24) is 4.90 Å². The number of piperidine rings is 1. The van der Waals surface area contributed by atoms with Crippen LogP contribution in [0.4, 0.5) is 4.79 Å². The summed E-state index contributed by atoms with van der Waals surface area (Å²) in [6.45, 7) is 8.36. The first-order chi connectivity index (χ1) is 17.1. The topological polar surface area (TPSA) is 91.1 Å². The van der Waals surface area contributed by atoms with Crippen LogP contribution in [0.3, 0.4) is 0 Å². The Balaban J connectivity index is 0.00000380. The number of hydrogen-bond acceptors (Lipinski definition) is 6. The molecule has 4 rings (SSSR count). The molecule has 37 heavy (non-hydrogen) atoms. The minimum atomic E-state index is -0.564. The van der Waals surface area contributed by atoms with Gasteiger partial charge in [0.1, 0.15) is 23.6 Å². The number of ether oxygens (including phenoxy) is 3. The molecule has 1 aliphatic heterocycles. The van der Waals surface area contributed by atoms with Gasteiger partial charge in [-0.15, -0.1) is 12.4 Å². The molecule has 2 N–H and O–H groups in total. The van der Waals surface area contributed by atoms with Crippen molar-refractivity contribution in [3.8, 4) is 5.75 Å². The fourth-order valence-electron chi connectivity index (χ4n) is 4.42. The lowest BCUT2D eigenvalue weighted by Gasteiger charge is -2.33. The quantitative estimate of drug-likeness (QED) is 0.441. The van der Waals surface area contributed by atoms with Gasteiger partial charge in [0.05, 0.1) is 12.1 Å². The third kappa shape index (κ3) is 8.11. The van der Waals surface area contributed by atoms with E-state index in [9.17, 15) is 9.59 Å². The molecule has 0 bridgehead atoms. The van der Waals surface area contributed by atoms with Gasteiger partial charge in [-0.05, 0) is 94.7 Å². The van der Waals surface area contributed by atoms with E-state index >= 15 is 0 Å². The van der Waals surface area contributed by atoms with Gasteiger partial charge in [0.25, 0.3) is 0 Å². The largest absolute Gasteiger partial charge is 0.484 e. The fourth-order valence-corrected chi connectivity index (χ4v) is 4.42. The van der Waals surface area contributed by atoms with E-state index < -0.39 is 11.6 Å². The van der Waals surface area contributed by atoms with E-state index in [0.717, 1.165) is 12.0 Å². The third-order valence-corrected chi connectivity index (χ3v) is 6.45. The normalized spacial score (nSPS) is 19.3. The zero-order valence-corrected chi connectivity index (χ0v) is 23.0. The number of nitrogens with zero attached hydrogens (tertiary/aromatic N) is 1. The van der Waals surface area contributed by atoms with Gasteiger partial charge < -0.3 is 24.8 Å². The van der Waals surface area contributed by atoms with Crippen LogP contribution in [0.1, 0.15) is 86.9 Å². The summed E-state index contributed by atoms with van der Waals surface area (Å²) < 4.78 is 17.4. The predicted molar refractivity (Wildman–Crippen MR) is 145 cm³/mol. The smallest absolute Gasteiger partial charge is 0.410 e. The molecule has 1 saturated heterocycles. The molecule has 0 aromatic heterocycles. The molecule has 2 aromatic carbocycles. The molecule has 1 saturated carbocycles. The average Bonchev–Trinajstić information content (AvgIpc) is 3.68. The standard InChI is InChI=1S/C29H38N2O5.ClH/c1-19(30)26(22-11-9-21(10-12-22)20-7-8-20)34-24-15-13-23(14-16-24)27(32)35-25-6-5-17-31(18-25)28(33)36-29(2,3)4;/h9-16,19-20,25-26H,5-8,17-18,30H2,1-4H3;1H/t19-,25-,26-;/m0./s1. The molecule has 1 amide bonds. The highest BCUT2D eigenvalue weighted by atomic mass is 35.5. The van der Waals surface area contributed by atoms with Gasteiger partial charge in [0, 0.05) is 12.6 Å². The van der Waals surface area contributed by atoms with Crippen LogP contribution in [0, 0.1) is 0 Å². The molecule has 202 valence electrons. The molecule has 8 heteroatoms. The van der Waals surface area contributed by atoms with Gasteiger partial charge in [-0.2, -0.15) is 0 Å². The van der Waals surface area contributed by atoms with E-state index in [1.54, 1.807) is 29.2 Å². The van der Waals surface area contributed by atoms with Crippen LogP contribution >= 0.6 is 12.4 Å². The molecular formula is C29H39ClN2O5. The van der Waals surface area contributed by atoms with Gasteiger partial charge in [0.15, 0.2) is 0 Å². The lowest BCUT2D eigenvalue weighted by Crippen LogP contribution is -2.45. The summed E-state index contributed by atoms with van der Waals surface area (Å²) >= 11 is 0. The van der Waals surface area contributed by atoms with Crippen molar-refractivity contribution in [2.75, 3.05) is 13.1 Å². The molecule has 1 aliphatic carbocycles. The van der Waals surface area contributed by atoms with E-state index in [1.807, 2.05) is 27.7 Å². The van der Waals surface area contributed by atoms with E-state index in [2.05, 4.69) is 24.3 Å². The van der Waals surface area contributed by atoms with Crippen LogP contribution in [0.15, 0.2) is 48.5 Å². The first-order valence-corrected chi connectivity index (χ1v) is 12.9. The molecule has 2 aromatic rings. The Bertz CT molecular complexity index is 1050. The molecule has 3 atom stereocenters. The Labute approximate surface area is 226 Å². The van der Waals surface area contributed by atoms with E-state index in [4.69, 9.17) is 19.9 Å². The van der Waals surface area contributed by atoms with Crippen molar-refractivity contribution in [2.24, 2.45) is 5.73 Å². The first-order valence-electron chi connectivity index (χ1n) is 12.9. The maximum atomic E-state index is 12.8. The number of benzene rings is 2. The Morgan fingerprint density at radius 3 is 2.22 bits per heavy atom. The Morgan fingerprint density at radius 1 is 1.00 bits per heavy atom. The number of amides is 1. The minimum Gasteiger partial charge on any atom is -0.484 e. The van der Waals surface area contributed by atoms with Gasteiger partial charge in [-0.1, -0.05) is 24.3 Å². The van der Waals surface area contributed by atoms with Crippen LogP contribution in [-0.4, -0.2) is 47.8 Å². The Kier molecular flexibility index (Phi) is 9.48. The van der Waals surface area contributed by atoms with E-state index in [-0.39, 0.29) is 36.8 Å². The zero-order valence-electron chi connectivity index (χ0n) is 22.1. The van der Waals surface area contributed by atoms with Crippen molar-refractivity contribution in [3.05, 3.63) is 65.2 Å². The number of rotatable bonds is 7. The fraction of sp³-hybridized carbons (Fsp3) is 0.517. The third-order valence-electron chi connectivity index (χ3n) is 6.45. The number of esters is 1. The van der Waals surface area contributed by atoms with Crippen LogP contribution < -0.4 is 10.5 Å². The molecule has 1 heterocycles. The number of nitrogens with two attached hydrogens (primary N) is 1. The summed E-state index contributed by atoms with van der Waals surface area (Å²) in [5.41, 5.74) is 8.51. The van der Waals surface area contributed by atoms with Crippen molar-refractivity contribution in [1.29, 1.82) is 0 Å². The van der Waals surface area contributed by atoms with Crippen LogP contribution in [0.5, 0.6) is 5.75 Å². The second-order valence-electron chi connectivity index (χ2n) is 11.0. The van der Waals surface area contributed by atoms with Gasteiger partial charge in [-0.25, -0.2) is 9.59 Å². The second kappa shape index (κ2) is 12.2. The van der Waals surface area contributed by atoms with E-state index in [1.165, 1.54) is 18.4 Å². The number of likely N-dealkylation sites (tertiary alicyclic amines) is 1. The lowest BCUT2D eigenvalue weighted by atomic mass is 10.0. The minimum absolute atomic E-state index is 0. The van der Waals surface area contributed by atoms with Gasteiger partial charge >= 0.3 is 12.1 Å². The van der Waals surface area contributed by atoms with Gasteiger partial charge in [-0.3, -0.25) is 0 Å². The van der Waals surface area contributed by atoms with Crippen LogP contribution in [-0.2, 0) is 9.47 Å². The lowest BCUT2D eigenvalue weighted by molar-refractivity contribution is -0.0115. The maximum absolute atomic E-state index is 12.8. The number of carbonyl (C=O) groups is 2. The second-order valence-corrected chi connectivity index (χ2v) is 11.0. The molecule has 0 radical (unpaired) electrons. The Morgan fingerprint density at radius 2 is 1.65 bits per heavy atom. The predicted octanol–water partition coefficient (Wildman–Crippen LogP) is 6.01. The summed E-state index contributed by atoms with van der Waals surface area (Å²) in [5.74, 6) is 0.917. The number of carbonyl (C=O) groups excluding carboxylic acids is 2. The average molecular weight is 531 g/mol. The summed E-state index contributed by atoms with van der Waals surface area (Å²) in [6, 6.07) is 15.2. The monoisotopic (exact) mass is 530 g/mol. The maximum Gasteiger partial charge on any atom is 0.410 e. The zero-order chi connectivity index (χ0) is 25.9. The molecule has 7 nitrogen and oxygen atoms in total. The summed E-state index contributed by atoms with van der Waals surface area (Å²) in [6.07, 6.45) is 2.96. The highest BCUT2D eigenvalue weighted by Gasteiger charge is 2.30. The molecule has 0 spiro atoms. The summed E-state index contributed by atoms with van der Waals surface area (Å²) in [7, 11) is 0. The van der Waals surface area contributed by atoms with Crippen molar-refractivity contribution in [3.63, 3.8) is 0 Å². The van der Waals surface area contributed by atoms with Gasteiger partial charge in [0.2, 0.25) is 0 Å². The summed E-state index contributed by atoms with van der Waals surface area (Å²) in [4.78, 5) is 26.7. The SMILES string of the molecule is C[C@H](N)[C@H](Oc1ccc(C(=O)O[C@H]2CCCN(C(=O)OC(C)(C)C)C2)cc1)c1ccc(C2CC2)cc1.Cl. The highest BCUT2D eigenvalue weighted by Crippen LogP contribution is 2.40. The molecule has 2 fully saturated rings. The number of hydrogen-bond donors (Lipinski definition) is 1. The number of halogens is 1. The highest BCUT2D eigenvalue weighted by molar-refractivity contribution is 5.89. The van der Waals surface area contributed by atoms with Crippen molar-refractivity contribution in [2.45, 2.75) is 83.1 Å². The molecule has 2 aliphatic rings. The molecule has 0 unspecified atom stereocenters. The Hall–Kier alpha value is -2.77. The van der Waals surface area contributed by atoms with Crippen LogP contribution in [0.2, 0.25) is 0 Å². The van der Waals surface area contributed by atoms with E-state index in [0.29, 0.717) is 36.7 Å².